The fourth-order valence-corrected chi connectivity index (χ4v) is 6.17. The van der Waals surface area contributed by atoms with Crippen molar-refractivity contribution in [3.8, 4) is 16.3 Å². The molecule has 2 atom stereocenters. The molecule has 0 amide bonds. The molecule has 0 aliphatic carbocycles. The van der Waals surface area contributed by atoms with E-state index in [-0.39, 0.29) is 0 Å². The highest BCUT2D eigenvalue weighted by Crippen LogP contribution is 2.41. The zero-order valence-electron chi connectivity index (χ0n) is 22.9. The lowest BCUT2D eigenvalue weighted by Gasteiger charge is -2.18. The molecule has 0 saturated heterocycles. The van der Waals surface area contributed by atoms with Gasteiger partial charge in [-0.15, -0.1) is 21.5 Å². The molecule has 202 valence electrons. The minimum absolute atomic E-state index is 0.426. The van der Waals surface area contributed by atoms with Gasteiger partial charge in [-0.05, 0) is 39.2 Å². The molecule has 4 heterocycles. The predicted molar refractivity (Wildman–Crippen MR) is 154 cm³/mol. The Kier molecular flexibility index (Phi) is 7.56. The van der Waals surface area contributed by atoms with E-state index >= 15 is 0 Å². The highest BCUT2D eigenvalue weighted by Gasteiger charge is 2.37. The van der Waals surface area contributed by atoms with Gasteiger partial charge in [0.15, 0.2) is 5.82 Å². The van der Waals surface area contributed by atoms with Gasteiger partial charge >= 0.3 is 5.97 Å². The van der Waals surface area contributed by atoms with E-state index in [1.807, 2.05) is 48.7 Å². The van der Waals surface area contributed by atoms with Crippen molar-refractivity contribution in [1.82, 2.24) is 24.7 Å². The van der Waals surface area contributed by atoms with E-state index < -0.39 is 17.9 Å². The van der Waals surface area contributed by atoms with Crippen molar-refractivity contribution >= 4 is 28.8 Å². The molecule has 0 fully saturated rings. The summed E-state index contributed by atoms with van der Waals surface area (Å²) in [7, 11) is 0. The van der Waals surface area contributed by atoms with Crippen molar-refractivity contribution in [1.29, 1.82) is 0 Å². The summed E-state index contributed by atoms with van der Waals surface area (Å²) in [4.78, 5) is 27.5. The molecule has 1 aliphatic heterocycles. The summed E-state index contributed by atoms with van der Waals surface area (Å²) in [5.74, 6) is 0.479. The van der Waals surface area contributed by atoms with Crippen LogP contribution in [0.5, 0.6) is 0 Å². The monoisotopic (exact) mass is 543 g/mol. The summed E-state index contributed by atoms with van der Waals surface area (Å²) in [5.41, 5.74) is 5.61. The molecule has 10 heteroatoms. The third-order valence-corrected chi connectivity index (χ3v) is 8.48. The number of fused-ring (bicyclic) bond motifs is 3. The topological polar surface area (TPSA) is 118 Å². The Balaban J connectivity index is 1.60. The lowest BCUT2D eigenvalue weighted by molar-refractivity contribution is -0.142. The normalized spacial score (nSPS) is 15.2. The molecule has 39 heavy (non-hydrogen) atoms. The predicted octanol–water partition coefficient (Wildman–Crippen LogP) is 5.93. The first kappa shape index (κ1) is 26.7. The number of carboxylic acids is 1. The van der Waals surface area contributed by atoms with Crippen molar-refractivity contribution < 1.29 is 9.90 Å². The Hall–Kier alpha value is -3.92. The molecule has 0 saturated carbocycles. The average molecular weight is 544 g/mol. The average Bonchev–Trinajstić information content (AvgIpc) is 3.40. The fourth-order valence-electron chi connectivity index (χ4n) is 4.95. The van der Waals surface area contributed by atoms with E-state index in [4.69, 9.17) is 4.99 Å². The third kappa shape index (κ3) is 4.96. The van der Waals surface area contributed by atoms with Gasteiger partial charge in [0.25, 0.3) is 0 Å². The molecule has 9 nitrogen and oxygen atoms in total. The second-order valence-corrected chi connectivity index (χ2v) is 11.0. The summed E-state index contributed by atoms with van der Waals surface area (Å²) in [6, 6.07) is 9.43. The van der Waals surface area contributed by atoms with E-state index in [0.717, 1.165) is 69.7 Å². The molecular weight excluding hydrogens is 510 g/mol. The first-order valence-corrected chi connectivity index (χ1v) is 14.2. The maximum absolute atomic E-state index is 12.3. The van der Waals surface area contributed by atoms with E-state index in [1.54, 1.807) is 17.7 Å². The number of hydrogen-bond donors (Lipinski definition) is 2. The number of aliphatic imine (C=N–C) groups is 1. The van der Waals surface area contributed by atoms with Gasteiger partial charge in [0.2, 0.25) is 0 Å². The van der Waals surface area contributed by atoms with Gasteiger partial charge in [-0.1, -0.05) is 44.5 Å². The quantitative estimate of drug-likeness (QED) is 0.251. The number of aryl methyl sites for hydroxylation is 2. The molecule has 1 aliphatic rings. The Morgan fingerprint density at radius 3 is 2.54 bits per heavy atom. The minimum Gasteiger partial charge on any atom is -0.481 e. The maximum Gasteiger partial charge on any atom is 0.309 e. The van der Waals surface area contributed by atoms with Crippen molar-refractivity contribution in [3.63, 3.8) is 0 Å². The summed E-state index contributed by atoms with van der Waals surface area (Å²) in [5, 5.41) is 23.2. The van der Waals surface area contributed by atoms with Gasteiger partial charge in [-0.25, -0.2) is 9.97 Å². The van der Waals surface area contributed by atoms with E-state index in [2.05, 4.69) is 46.3 Å². The van der Waals surface area contributed by atoms with E-state index in [1.165, 1.54) is 4.88 Å². The minimum atomic E-state index is -0.890. The number of benzene rings is 1. The Morgan fingerprint density at radius 2 is 1.85 bits per heavy atom. The summed E-state index contributed by atoms with van der Waals surface area (Å²) < 4.78 is 2.00. The van der Waals surface area contributed by atoms with Crippen LogP contribution in [0.15, 0.2) is 41.7 Å². The number of thiophene rings is 1. The summed E-state index contributed by atoms with van der Waals surface area (Å²) in [6.45, 7) is 11.0. The fraction of sp³-hybridized carbons (Fsp3) is 0.379. The molecule has 2 N–H and O–H groups in total. The molecule has 5 rings (SSSR count). The van der Waals surface area contributed by atoms with Crippen molar-refractivity contribution in [2.24, 2.45) is 10.9 Å². The number of hydrogen-bond acceptors (Lipinski definition) is 8. The third-order valence-electron chi connectivity index (χ3n) is 7.29. The first-order valence-electron chi connectivity index (χ1n) is 13.3. The smallest absolute Gasteiger partial charge is 0.309 e. The van der Waals surface area contributed by atoms with Crippen LogP contribution in [0.25, 0.3) is 16.3 Å². The highest BCUT2D eigenvalue weighted by molar-refractivity contribution is 7.15. The molecular formula is C29H33N7O2S. The Morgan fingerprint density at radius 1 is 1.10 bits per heavy atom. The van der Waals surface area contributed by atoms with Crippen LogP contribution in [0, 0.1) is 26.7 Å². The molecule has 0 bridgehead atoms. The first-order chi connectivity index (χ1) is 18.8. The summed E-state index contributed by atoms with van der Waals surface area (Å²) in [6.07, 6.45) is 4.20. The molecule has 0 spiro atoms. The van der Waals surface area contributed by atoms with Gasteiger partial charge in [0.1, 0.15) is 29.0 Å². The lowest BCUT2D eigenvalue weighted by Crippen LogP contribution is -2.23. The SMILES string of the molecule is CCCCNc1cc(-c2ccc(C3=NC([C@H](CC)C(=O)O)c4nnc(C)n4-c4sc(C)c(C)c43)cc2)ncn1. The molecule has 0 radical (unpaired) electrons. The zero-order chi connectivity index (χ0) is 27.7. The molecule has 3 aromatic heterocycles. The van der Waals surface area contributed by atoms with Gasteiger partial charge in [0, 0.05) is 34.2 Å². The van der Waals surface area contributed by atoms with Crippen LogP contribution in [0.1, 0.15) is 72.4 Å². The Labute approximate surface area is 232 Å². The highest BCUT2D eigenvalue weighted by atomic mass is 32.1. The van der Waals surface area contributed by atoms with Crippen LogP contribution < -0.4 is 5.32 Å². The largest absolute Gasteiger partial charge is 0.481 e. The molecule has 4 aromatic rings. The van der Waals surface area contributed by atoms with Gasteiger partial charge in [-0.2, -0.15) is 0 Å². The number of carbonyl (C=O) groups is 1. The number of rotatable bonds is 9. The number of aliphatic carboxylic acids is 1. The van der Waals surface area contributed by atoms with Crippen molar-refractivity contribution in [2.45, 2.75) is 59.9 Å². The lowest BCUT2D eigenvalue weighted by atomic mass is 9.95. The standard InChI is InChI=1S/C29H33N7O2S/c1-6-8-13-30-23-14-22(31-15-32-23)19-9-11-20(12-10-19)25-24-16(3)17(4)39-28(24)36-18(5)34-35-27(36)26(33-25)21(7-2)29(37)38/h9-12,14-15,21,26H,6-8,13H2,1-5H3,(H,37,38)(H,30,31,32)/t21-,26?/m0/s1. The van der Waals surface area contributed by atoms with E-state index in [9.17, 15) is 9.90 Å². The molecule has 1 unspecified atom stereocenters. The second-order valence-electron chi connectivity index (χ2n) is 9.83. The Bertz CT molecular complexity index is 1540. The maximum atomic E-state index is 12.3. The van der Waals surface area contributed by atoms with Gasteiger partial charge < -0.3 is 10.4 Å². The van der Waals surface area contributed by atoms with Crippen LogP contribution in [-0.4, -0.2) is 48.1 Å². The number of nitrogens with one attached hydrogen (secondary N) is 1. The van der Waals surface area contributed by atoms with Crippen molar-refractivity contribution in [2.75, 3.05) is 11.9 Å². The van der Waals surface area contributed by atoms with Crippen molar-refractivity contribution in [3.05, 3.63) is 69.9 Å². The molecule has 1 aromatic carbocycles. The van der Waals surface area contributed by atoms with Crippen LogP contribution in [0.3, 0.4) is 0 Å². The van der Waals surface area contributed by atoms with Gasteiger partial charge in [0.05, 0.1) is 17.3 Å². The van der Waals surface area contributed by atoms with Crippen LogP contribution in [0.4, 0.5) is 5.82 Å². The van der Waals surface area contributed by atoms with Gasteiger partial charge in [-0.3, -0.25) is 14.4 Å². The number of aromatic nitrogens is 5. The van der Waals surface area contributed by atoms with Crippen LogP contribution in [-0.2, 0) is 4.79 Å². The number of anilines is 1. The summed E-state index contributed by atoms with van der Waals surface area (Å²) >= 11 is 1.66. The van der Waals surface area contributed by atoms with E-state index in [0.29, 0.717) is 12.2 Å². The number of unbranched alkanes of at least 4 members (excludes halogenated alkanes) is 1. The second kappa shape index (κ2) is 11.1. The number of carboxylic acid groups (broad SMARTS) is 1. The van der Waals surface area contributed by atoms with Crippen LogP contribution >= 0.6 is 11.3 Å². The number of nitrogens with zero attached hydrogens (tertiary/aromatic N) is 6. The zero-order valence-corrected chi connectivity index (χ0v) is 23.7. The van der Waals surface area contributed by atoms with Crippen LogP contribution in [0.2, 0.25) is 0 Å².